The summed E-state index contributed by atoms with van der Waals surface area (Å²) in [6.07, 6.45) is 4.65. The monoisotopic (exact) mass is 353 g/mol. The fourth-order valence-electron chi connectivity index (χ4n) is 2.81. The number of hydrogen-bond acceptors (Lipinski definition) is 4. The molecule has 1 fully saturated rings. The van der Waals surface area contributed by atoms with E-state index in [9.17, 15) is 9.18 Å². The molecule has 4 rings (SSSR count). The maximum Gasteiger partial charge on any atom is 0.321 e. The largest absolute Gasteiger partial charge is 0.386 e. The normalized spacial score (nSPS) is 14.3. The predicted molar refractivity (Wildman–Crippen MR) is 96.4 cm³/mol. The van der Waals surface area contributed by atoms with Crippen LogP contribution in [0.1, 0.15) is 19.3 Å². The first-order valence-electron chi connectivity index (χ1n) is 8.24. The highest BCUT2D eigenvalue weighted by Crippen LogP contribution is 2.34. The van der Waals surface area contributed by atoms with Crippen molar-refractivity contribution < 1.29 is 13.4 Å². The predicted octanol–water partition coefficient (Wildman–Crippen LogP) is 5.39. The van der Waals surface area contributed by atoms with Gasteiger partial charge in [-0.05, 0) is 54.3 Å². The third kappa shape index (κ3) is 3.37. The van der Waals surface area contributed by atoms with Crippen LogP contribution in [0, 0.1) is 11.7 Å². The van der Waals surface area contributed by atoms with Crippen molar-refractivity contribution in [2.45, 2.75) is 24.2 Å². The second-order valence-corrected chi connectivity index (χ2v) is 6.93. The van der Waals surface area contributed by atoms with Crippen LogP contribution in [0.4, 0.5) is 4.39 Å². The summed E-state index contributed by atoms with van der Waals surface area (Å²) in [4.78, 5) is 17.2. The fraction of sp³-hybridized carbons (Fsp3) is 0.200. The van der Waals surface area contributed by atoms with Gasteiger partial charge in [0.25, 0.3) is 0 Å². The first-order valence-corrected chi connectivity index (χ1v) is 8.98. The molecule has 1 aliphatic carbocycles. The molecule has 126 valence electrons. The van der Waals surface area contributed by atoms with E-state index in [0.717, 1.165) is 58.2 Å². The first-order chi connectivity index (χ1) is 12.2. The molecule has 0 bridgehead atoms. The molecule has 0 N–H and O–H groups in total. The van der Waals surface area contributed by atoms with Gasteiger partial charge in [-0.2, -0.15) is 0 Å². The molecule has 3 nitrogen and oxygen atoms in total. The maximum atomic E-state index is 13.1. The van der Waals surface area contributed by atoms with Gasteiger partial charge in [-0.3, -0.25) is 9.78 Å². The van der Waals surface area contributed by atoms with Crippen molar-refractivity contribution >= 4 is 28.9 Å². The van der Waals surface area contributed by atoms with E-state index in [1.165, 1.54) is 12.1 Å². The lowest BCUT2D eigenvalue weighted by molar-refractivity contribution is -0.140. The van der Waals surface area contributed by atoms with Crippen molar-refractivity contribution in [3.63, 3.8) is 0 Å². The van der Waals surface area contributed by atoms with E-state index in [-0.39, 0.29) is 17.7 Å². The van der Waals surface area contributed by atoms with E-state index < -0.39 is 0 Å². The van der Waals surface area contributed by atoms with Gasteiger partial charge in [0.15, 0.2) is 0 Å². The average Bonchev–Trinajstić information content (AvgIpc) is 2.58. The number of carbonyl (C=O) groups excluding carboxylic acids is 1. The molecule has 1 heterocycles. The molecule has 25 heavy (non-hydrogen) atoms. The topological polar surface area (TPSA) is 39.2 Å². The van der Waals surface area contributed by atoms with Gasteiger partial charge in [0.05, 0.1) is 28.4 Å². The Morgan fingerprint density at radius 2 is 1.84 bits per heavy atom. The van der Waals surface area contributed by atoms with Crippen LogP contribution in [0.5, 0.6) is 0 Å². The Labute approximate surface area is 149 Å². The standard InChI is InChI=1S/C20H16FNO2S/c21-16-7-4-13(5-8-16)15-6-9-18-17(12-15)19(10-11-22-18)25-24-20(23)14-2-1-3-14/h4-12,14H,1-3H2. The molecule has 0 radical (unpaired) electrons. The average molecular weight is 353 g/mol. The minimum atomic E-state index is -0.259. The number of hydrogen-bond donors (Lipinski definition) is 0. The van der Waals surface area contributed by atoms with E-state index >= 15 is 0 Å². The van der Waals surface area contributed by atoms with Crippen LogP contribution in [-0.2, 0) is 8.98 Å². The van der Waals surface area contributed by atoms with Crippen molar-refractivity contribution in [2.75, 3.05) is 0 Å². The number of rotatable bonds is 4. The molecule has 5 heteroatoms. The molecule has 0 aliphatic heterocycles. The van der Waals surface area contributed by atoms with Crippen LogP contribution < -0.4 is 0 Å². The van der Waals surface area contributed by atoms with E-state index in [1.807, 2.05) is 24.3 Å². The van der Waals surface area contributed by atoms with Crippen LogP contribution in [-0.4, -0.2) is 11.0 Å². The number of benzene rings is 2. The van der Waals surface area contributed by atoms with Crippen LogP contribution in [0.25, 0.3) is 22.0 Å². The number of fused-ring (bicyclic) bond motifs is 1. The van der Waals surface area contributed by atoms with Gasteiger partial charge in [-0.1, -0.05) is 24.6 Å². The number of carbonyl (C=O) groups is 1. The van der Waals surface area contributed by atoms with E-state index in [4.69, 9.17) is 4.18 Å². The quantitative estimate of drug-likeness (QED) is 0.590. The summed E-state index contributed by atoms with van der Waals surface area (Å²) in [5, 5.41) is 0.913. The summed E-state index contributed by atoms with van der Waals surface area (Å²) >= 11 is 1.09. The van der Waals surface area contributed by atoms with Crippen LogP contribution in [0.2, 0.25) is 0 Å². The van der Waals surface area contributed by atoms with E-state index in [0.29, 0.717) is 0 Å². The molecule has 0 atom stereocenters. The molecule has 1 saturated carbocycles. The number of aromatic nitrogens is 1. The maximum absolute atomic E-state index is 13.1. The minimum Gasteiger partial charge on any atom is -0.386 e. The van der Waals surface area contributed by atoms with Gasteiger partial charge in [-0.15, -0.1) is 0 Å². The lowest BCUT2D eigenvalue weighted by Gasteiger charge is -2.22. The van der Waals surface area contributed by atoms with Gasteiger partial charge in [-0.25, -0.2) is 4.39 Å². The highest BCUT2D eigenvalue weighted by molar-refractivity contribution is 7.95. The Balaban J connectivity index is 1.63. The van der Waals surface area contributed by atoms with E-state index in [2.05, 4.69) is 4.98 Å². The molecule has 0 spiro atoms. The molecule has 0 unspecified atom stereocenters. The van der Waals surface area contributed by atoms with Gasteiger partial charge in [0.1, 0.15) is 5.82 Å². The molecular formula is C20H16FNO2S. The van der Waals surface area contributed by atoms with Gasteiger partial charge in [0.2, 0.25) is 0 Å². The van der Waals surface area contributed by atoms with Crippen LogP contribution in [0.15, 0.2) is 59.6 Å². The summed E-state index contributed by atoms with van der Waals surface area (Å²) in [6.45, 7) is 0. The van der Waals surface area contributed by atoms with Crippen molar-refractivity contribution in [2.24, 2.45) is 5.92 Å². The third-order valence-corrected chi connectivity index (χ3v) is 5.31. The zero-order valence-corrected chi connectivity index (χ0v) is 14.3. The number of nitrogens with zero attached hydrogens (tertiary/aromatic N) is 1. The van der Waals surface area contributed by atoms with Crippen LogP contribution in [0.3, 0.4) is 0 Å². The molecule has 1 aromatic heterocycles. The second-order valence-electron chi connectivity index (χ2n) is 6.16. The van der Waals surface area contributed by atoms with Crippen molar-refractivity contribution in [1.82, 2.24) is 4.98 Å². The first kappa shape index (κ1) is 16.1. The highest BCUT2D eigenvalue weighted by Gasteiger charge is 2.27. The summed E-state index contributed by atoms with van der Waals surface area (Å²) in [7, 11) is 0. The molecule has 1 aliphatic rings. The highest BCUT2D eigenvalue weighted by atomic mass is 32.2. The molecule has 3 aromatic rings. The zero-order chi connectivity index (χ0) is 17.2. The van der Waals surface area contributed by atoms with Gasteiger partial charge in [0, 0.05) is 11.6 Å². The molecule has 0 saturated heterocycles. The number of halogens is 1. The van der Waals surface area contributed by atoms with Gasteiger partial charge < -0.3 is 4.18 Å². The SMILES string of the molecule is O=C(OSc1ccnc2ccc(-c3ccc(F)cc3)cc12)C1CCC1. The van der Waals surface area contributed by atoms with Crippen molar-refractivity contribution in [1.29, 1.82) is 0 Å². The van der Waals surface area contributed by atoms with Crippen LogP contribution >= 0.6 is 12.0 Å². The molecule has 2 aromatic carbocycles. The molecular weight excluding hydrogens is 337 g/mol. The smallest absolute Gasteiger partial charge is 0.321 e. The van der Waals surface area contributed by atoms with Crippen molar-refractivity contribution in [3.8, 4) is 11.1 Å². The summed E-state index contributed by atoms with van der Waals surface area (Å²) in [5.41, 5.74) is 2.72. The fourth-order valence-corrected chi connectivity index (χ4v) is 3.49. The zero-order valence-electron chi connectivity index (χ0n) is 13.4. The number of pyridine rings is 1. The van der Waals surface area contributed by atoms with Gasteiger partial charge >= 0.3 is 5.97 Å². The van der Waals surface area contributed by atoms with Crippen molar-refractivity contribution in [3.05, 3.63) is 60.5 Å². The third-order valence-electron chi connectivity index (χ3n) is 4.53. The Morgan fingerprint density at radius 3 is 2.56 bits per heavy atom. The second kappa shape index (κ2) is 6.84. The molecule has 0 amide bonds. The Morgan fingerprint density at radius 1 is 1.08 bits per heavy atom. The lowest BCUT2D eigenvalue weighted by Crippen LogP contribution is -2.22. The lowest BCUT2D eigenvalue weighted by atomic mass is 9.86. The minimum absolute atomic E-state index is 0.0513. The Kier molecular flexibility index (Phi) is 4.40. The summed E-state index contributed by atoms with van der Waals surface area (Å²) in [5.74, 6) is -0.350. The Bertz CT molecular complexity index is 923. The summed E-state index contributed by atoms with van der Waals surface area (Å²) in [6, 6.07) is 14.1. The Hall–Kier alpha value is -2.40. The van der Waals surface area contributed by atoms with E-state index in [1.54, 1.807) is 18.3 Å². The summed E-state index contributed by atoms with van der Waals surface area (Å²) < 4.78 is 18.5.